The van der Waals surface area contributed by atoms with E-state index in [4.69, 9.17) is 0 Å². The Kier molecular flexibility index (Phi) is 6.68. The van der Waals surface area contributed by atoms with Gasteiger partial charge in [0.25, 0.3) is 11.8 Å². The van der Waals surface area contributed by atoms with Crippen LogP contribution >= 0.6 is 15.9 Å². The summed E-state index contributed by atoms with van der Waals surface area (Å²) in [7, 11) is 4.64. The zero-order chi connectivity index (χ0) is 20.1. The predicted octanol–water partition coefficient (Wildman–Crippen LogP) is 3.00. The average Bonchev–Trinajstić information content (AvgIpc) is 2.61. The van der Waals surface area contributed by atoms with Crippen molar-refractivity contribution < 1.29 is 18.8 Å². The SMILES string of the molecule is CN(C)C(=O)CN(C)C(=O)c1ccc(F)cc1NC(=O)c1cccc(Br)c1. The van der Waals surface area contributed by atoms with Gasteiger partial charge in [-0.15, -0.1) is 0 Å². The highest BCUT2D eigenvalue weighted by atomic mass is 79.9. The Hall–Kier alpha value is -2.74. The first kappa shape index (κ1) is 20.6. The number of likely N-dealkylation sites (N-methyl/N-ethyl adjacent to an activating group) is 2. The molecule has 0 unspecified atom stereocenters. The molecule has 27 heavy (non-hydrogen) atoms. The van der Waals surface area contributed by atoms with E-state index >= 15 is 0 Å². The number of rotatable bonds is 5. The molecule has 0 spiro atoms. The van der Waals surface area contributed by atoms with Crippen molar-refractivity contribution in [2.75, 3.05) is 33.0 Å². The Morgan fingerprint density at radius 2 is 1.78 bits per heavy atom. The van der Waals surface area contributed by atoms with Crippen molar-refractivity contribution in [1.82, 2.24) is 9.80 Å². The van der Waals surface area contributed by atoms with E-state index in [2.05, 4.69) is 21.2 Å². The summed E-state index contributed by atoms with van der Waals surface area (Å²) < 4.78 is 14.4. The fourth-order valence-corrected chi connectivity index (χ4v) is 2.65. The normalized spacial score (nSPS) is 10.3. The molecule has 0 heterocycles. The molecule has 0 aliphatic carbocycles. The van der Waals surface area contributed by atoms with Gasteiger partial charge in [0.1, 0.15) is 5.82 Å². The molecule has 2 aromatic carbocycles. The summed E-state index contributed by atoms with van der Waals surface area (Å²) in [6.07, 6.45) is 0. The zero-order valence-corrected chi connectivity index (χ0v) is 16.7. The van der Waals surface area contributed by atoms with Crippen molar-refractivity contribution in [3.8, 4) is 0 Å². The number of carbonyl (C=O) groups is 3. The molecule has 142 valence electrons. The number of hydrogen-bond acceptors (Lipinski definition) is 3. The summed E-state index contributed by atoms with van der Waals surface area (Å²) in [6, 6.07) is 10.2. The Morgan fingerprint density at radius 1 is 1.07 bits per heavy atom. The average molecular weight is 436 g/mol. The van der Waals surface area contributed by atoms with Crippen molar-refractivity contribution in [3.05, 3.63) is 63.9 Å². The van der Waals surface area contributed by atoms with E-state index in [1.165, 1.54) is 22.9 Å². The van der Waals surface area contributed by atoms with Crippen LogP contribution in [0.3, 0.4) is 0 Å². The lowest BCUT2D eigenvalue weighted by atomic mass is 10.1. The van der Waals surface area contributed by atoms with Gasteiger partial charge in [-0.25, -0.2) is 4.39 Å². The largest absolute Gasteiger partial charge is 0.347 e. The van der Waals surface area contributed by atoms with E-state index in [0.29, 0.717) is 10.0 Å². The van der Waals surface area contributed by atoms with Gasteiger partial charge >= 0.3 is 0 Å². The number of halogens is 2. The van der Waals surface area contributed by atoms with Crippen LogP contribution in [-0.4, -0.2) is 55.2 Å². The standard InChI is InChI=1S/C19H19BrFN3O3/c1-23(2)17(25)11-24(3)19(27)15-8-7-14(21)10-16(15)22-18(26)12-5-4-6-13(20)9-12/h4-10H,11H2,1-3H3,(H,22,26). The Balaban J connectivity index is 2.27. The fraction of sp³-hybridized carbons (Fsp3) is 0.211. The summed E-state index contributed by atoms with van der Waals surface area (Å²) in [4.78, 5) is 39.5. The van der Waals surface area contributed by atoms with E-state index in [-0.39, 0.29) is 23.7 Å². The molecule has 0 aliphatic heterocycles. The maximum absolute atomic E-state index is 13.7. The van der Waals surface area contributed by atoms with Crippen LogP contribution in [0.15, 0.2) is 46.9 Å². The number of anilines is 1. The topological polar surface area (TPSA) is 69.7 Å². The van der Waals surface area contributed by atoms with Crippen molar-refractivity contribution >= 4 is 39.3 Å². The quantitative estimate of drug-likeness (QED) is 0.784. The van der Waals surface area contributed by atoms with Gasteiger partial charge in [0.15, 0.2) is 0 Å². The number of amides is 3. The van der Waals surface area contributed by atoms with Crippen LogP contribution in [0.5, 0.6) is 0 Å². The molecule has 0 saturated carbocycles. The van der Waals surface area contributed by atoms with Gasteiger partial charge in [0, 0.05) is 31.2 Å². The molecular weight excluding hydrogens is 417 g/mol. The Morgan fingerprint density at radius 3 is 2.41 bits per heavy atom. The summed E-state index contributed by atoms with van der Waals surface area (Å²) in [5.74, 6) is -1.84. The molecule has 0 aromatic heterocycles. The van der Waals surface area contributed by atoms with Crippen LogP contribution < -0.4 is 5.32 Å². The van der Waals surface area contributed by atoms with Crippen molar-refractivity contribution in [1.29, 1.82) is 0 Å². The lowest BCUT2D eigenvalue weighted by Gasteiger charge is -2.21. The monoisotopic (exact) mass is 435 g/mol. The number of carbonyl (C=O) groups excluding carboxylic acids is 3. The summed E-state index contributed by atoms with van der Waals surface area (Å²) in [5, 5.41) is 2.56. The molecule has 0 bridgehead atoms. The highest BCUT2D eigenvalue weighted by Gasteiger charge is 2.20. The van der Waals surface area contributed by atoms with Crippen molar-refractivity contribution in [2.24, 2.45) is 0 Å². The van der Waals surface area contributed by atoms with Gasteiger partial charge in [-0.2, -0.15) is 0 Å². The van der Waals surface area contributed by atoms with E-state index in [0.717, 1.165) is 12.1 Å². The van der Waals surface area contributed by atoms with Crippen LogP contribution in [0.2, 0.25) is 0 Å². The third-order valence-electron chi connectivity index (χ3n) is 3.76. The first-order valence-corrected chi connectivity index (χ1v) is 8.80. The van der Waals surface area contributed by atoms with Crippen LogP contribution in [0.1, 0.15) is 20.7 Å². The van der Waals surface area contributed by atoms with Crippen LogP contribution in [-0.2, 0) is 4.79 Å². The van der Waals surface area contributed by atoms with Crippen LogP contribution in [0.25, 0.3) is 0 Å². The second-order valence-corrected chi connectivity index (χ2v) is 7.02. The van der Waals surface area contributed by atoms with Crippen molar-refractivity contribution in [3.63, 3.8) is 0 Å². The molecule has 0 saturated heterocycles. The smallest absolute Gasteiger partial charge is 0.256 e. The lowest BCUT2D eigenvalue weighted by molar-refractivity contribution is -0.129. The molecule has 0 fully saturated rings. The number of nitrogens with zero attached hydrogens (tertiary/aromatic N) is 2. The molecule has 0 aliphatic rings. The highest BCUT2D eigenvalue weighted by Crippen LogP contribution is 2.21. The minimum absolute atomic E-state index is 0.0362. The molecule has 8 heteroatoms. The Bertz CT molecular complexity index is 886. The van der Waals surface area contributed by atoms with Gasteiger partial charge in [0.05, 0.1) is 17.8 Å². The van der Waals surface area contributed by atoms with Gasteiger partial charge in [-0.1, -0.05) is 22.0 Å². The van der Waals surface area contributed by atoms with Gasteiger partial charge < -0.3 is 15.1 Å². The molecule has 0 radical (unpaired) electrons. The number of benzene rings is 2. The van der Waals surface area contributed by atoms with Gasteiger partial charge in [-0.05, 0) is 36.4 Å². The number of nitrogens with one attached hydrogen (secondary N) is 1. The minimum atomic E-state index is -0.594. The maximum atomic E-state index is 13.7. The summed E-state index contributed by atoms with van der Waals surface area (Å²) >= 11 is 3.28. The van der Waals surface area contributed by atoms with Gasteiger partial charge in [-0.3, -0.25) is 14.4 Å². The van der Waals surface area contributed by atoms with Crippen molar-refractivity contribution in [2.45, 2.75) is 0 Å². The molecule has 2 rings (SSSR count). The van der Waals surface area contributed by atoms with E-state index in [1.807, 2.05) is 0 Å². The molecule has 0 atom stereocenters. The third-order valence-corrected chi connectivity index (χ3v) is 4.26. The summed E-state index contributed by atoms with van der Waals surface area (Å²) in [5.41, 5.74) is 0.478. The van der Waals surface area contributed by atoms with Crippen LogP contribution in [0.4, 0.5) is 10.1 Å². The third kappa shape index (κ3) is 5.37. The lowest BCUT2D eigenvalue weighted by Crippen LogP contribution is -2.38. The fourth-order valence-electron chi connectivity index (χ4n) is 2.25. The first-order chi connectivity index (χ1) is 12.7. The molecule has 2 aromatic rings. The molecule has 3 amide bonds. The van der Waals surface area contributed by atoms with E-state index in [9.17, 15) is 18.8 Å². The Labute approximate surface area is 165 Å². The van der Waals surface area contributed by atoms with E-state index < -0.39 is 17.6 Å². The summed E-state index contributed by atoms with van der Waals surface area (Å²) in [6.45, 7) is -0.137. The highest BCUT2D eigenvalue weighted by molar-refractivity contribution is 9.10. The minimum Gasteiger partial charge on any atom is -0.347 e. The maximum Gasteiger partial charge on any atom is 0.256 e. The number of hydrogen-bond donors (Lipinski definition) is 1. The molecular formula is C19H19BrFN3O3. The first-order valence-electron chi connectivity index (χ1n) is 8.01. The zero-order valence-electron chi connectivity index (χ0n) is 15.1. The van der Waals surface area contributed by atoms with Gasteiger partial charge in [0.2, 0.25) is 5.91 Å². The second kappa shape index (κ2) is 8.77. The second-order valence-electron chi connectivity index (χ2n) is 6.10. The predicted molar refractivity (Wildman–Crippen MR) is 104 cm³/mol. The van der Waals surface area contributed by atoms with Crippen LogP contribution in [0, 0.1) is 5.82 Å². The molecule has 1 N–H and O–H groups in total. The molecule has 6 nitrogen and oxygen atoms in total. The van der Waals surface area contributed by atoms with E-state index in [1.54, 1.807) is 38.4 Å².